The molecule has 0 aliphatic heterocycles. The van der Waals surface area contributed by atoms with Gasteiger partial charge in [-0.1, -0.05) is 61.3 Å². The molecule has 0 heterocycles. The van der Waals surface area contributed by atoms with E-state index in [4.69, 9.17) is 21.1 Å². The largest absolute Gasteiger partial charge is 0.489 e. The van der Waals surface area contributed by atoms with Gasteiger partial charge in [0.05, 0.1) is 5.56 Å². The highest BCUT2D eigenvalue weighted by Crippen LogP contribution is 2.37. The van der Waals surface area contributed by atoms with Crippen LogP contribution in [0.5, 0.6) is 17.2 Å². The molecule has 0 aromatic heterocycles. The molecule has 0 saturated carbocycles. The Morgan fingerprint density at radius 1 is 0.862 bits per heavy atom. The molecule has 0 bridgehead atoms. The maximum Gasteiger partial charge on any atom is 0.416 e. The van der Waals surface area contributed by atoms with E-state index in [1.54, 1.807) is 12.1 Å². The van der Waals surface area contributed by atoms with E-state index in [-0.39, 0.29) is 18.1 Å². The van der Waals surface area contributed by atoms with E-state index in [1.165, 1.54) is 6.07 Å². The summed E-state index contributed by atoms with van der Waals surface area (Å²) >= 11 is 6.24. The van der Waals surface area contributed by atoms with Crippen LogP contribution < -0.4 is 9.47 Å². The highest BCUT2D eigenvalue weighted by molar-refractivity contribution is 6.31. The van der Waals surface area contributed by atoms with E-state index >= 15 is 0 Å². The second kappa shape index (κ2) is 9.23. The second-order valence-corrected chi connectivity index (χ2v) is 6.98. The van der Waals surface area contributed by atoms with Gasteiger partial charge in [0, 0.05) is 11.1 Å². The van der Waals surface area contributed by atoms with Gasteiger partial charge in [-0.15, -0.1) is 0 Å². The first-order valence-electron chi connectivity index (χ1n) is 9.20. The van der Waals surface area contributed by atoms with Crippen molar-refractivity contribution < 1.29 is 22.6 Å². The summed E-state index contributed by atoms with van der Waals surface area (Å²) < 4.78 is 51.2. The Morgan fingerprint density at radius 3 is 2.24 bits per heavy atom. The zero-order valence-electron chi connectivity index (χ0n) is 15.8. The van der Waals surface area contributed by atoms with Gasteiger partial charge in [-0.05, 0) is 41.8 Å². The van der Waals surface area contributed by atoms with Gasteiger partial charge in [0.15, 0.2) is 0 Å². The van der Waals surface area contributed by atoms with Gasteiger partial charge in [-0.25, -0.2) is 0 Å². The number of aryl methyl sites for hydroxylation is 1. The van der Waals surface area contributed by atoms with Gasteiger partial charge in [0.25, 0.3) is 0 Å². The van der Waals surface area contributed by atoms with Crippen LogP contribution in [0.1, 0.15) is 30.0 Å². The Morgan fingerprint density at radius 2 is 1.59 bits per heavy atom. The minimum atomic E-state index is -4.52. The Kier molecular flexibility index (Phi) is 6.70. The maximum absolute atomic E-state index is 13.3. The first kappa shape index (κ1) is 21.1. The molecule has 29 heavy (non-hydrogen) atoms. The molecule has 152 valence electrons. The van der Waals surface area contributed by atoms with Crippen LogP contribution in [0.4, 0.5) is 13.2 Å². The van der Waals surface area contributed by atoms with Gasteiger partial charge < -0.3 is 9.47 Å². The molecule has 0 saturated heterocycles. The molecular formula is C23H20ClF3O2. The summed E-state index contributed by atoms with van der Waals surface area (Å²) in [5.41, 5.74) is 0.981. The first-order chi connectivity index (χ1) is 13.8. The first-order valence-corrected chi connectivity index (χ1v) is 9.58. The lowest BCUT2D eigenvalue weighted by Crippen LogP contribution is -2.06. The topological polar surface area (TPSA) is 18.5 Å². The molecule has 0 fully saturated rings. The number of rotatable bonds is 7. The standard InChI is InChI=1S/C23H20ClF3O2/c1-2-6-17-9-10-19(14-22(17)24)29-21-12-18(23(25,26)27)11-20(13-21)28-15-16-7-4-3-5-8-16/h3-5,7-14H,2,6,15H2,1H3. The van der Waals surface area contributed by atoms with E-state index in [1.807, 2.05) is 43.3 Å². The lowest BCUT2D eigenvalue weighted by Gasteiger charge is -2.14. The highest BCUT2D eigenvalue weighted by Gasteiger charge is 2.32. The molecule has 3 aromatic rings. The fraction of sp³-hybridized carbons (Fsp3) is 0.217. The monoisotopic (exact) mass is 420 g/mol. The van der Waals surface area contributed by atoms with Gasteiger partial charge in [-0.3, -0.25) is 0 Å². The average Bonchev–Trinajstić information content (AvgIpc) is 2.69. The van der Waals surface area contributed by atoms with Crippen LogP contribution in [0.15, 0.2) is 66.7 Å². The van der Waals surface area contributed by atoms with Crippen molar-refractivity contribution in [1.82, 2.24) is 0 Å². The maximum atomic E-state index is 13.3. The summed E-state index contributed by atoms with van der Waals surface area (Å²) in [6.45, 7) is 2.19. The molecule has 0 radical (unpaired) electrons. The van der Waals surface area contributed by atoms with Crippen molar-refractivity contribution >= 4 is 11.6 Å². The molecule has 3 rings (SSSR count). The number of alkyl halides is 3. The Hall–Kier alpha value is -2.66. The molecule has 0 aliphatic rings. The summed E-state index contributed by atoms with van der Waals surface area (Å²) in [7, 11) is 0. The molecule has 0 unspecified atom stereocenters. The van der Waals surface area contributed by atoms with Crippen LogP contribution in [-0.4, -0.2) is 0 Å². The predicted molar refractivity (Wildman–Crippen MR) is 108 cm³/mol. The fourth-order valence-corrected chi connectivity index (χ4v) is 3.08. The van der Waals surface area contributed by atoms with E-state index in [0.29, 0.717) is 10.8 Å². The summed E-state index contributed by atoms with van der Waals surface area (Å²) in [5.74, 6) is 0.470. The average molecular weight is 421 g/mol. The van der Waals surface area contributed by atoms with Gasteiger partial charge in [-0.2, -0.15) is 13.2 Å². The Bertz CT molecular complexity index is 956. The minimum Gasteiger partial charge on any atom is -0.489 e. The molecule has 0 spiro atoms. The number of ether oxygens (including phenoxy) is 2. The van der Waals surface area contributed by atoms with Crippen molar-refractivity contribution in [3.8, 4) is 17.2 Å². The van der Waals surface area contributed by atoms with Crippen molar-refractivity contribution in [2.45, 2.75) is 32.5 Å². The summed E-state index contributed by atoms with van der Waals surface area (Å²) in [6, 6.07) is 17.7. The van der Waals surface area contributed by atoms with Gasteiger partial charge in [0.1, 0.15) is 23.9 Å². The lowest BCUT2D eigenvalue weighted by atomic mass is 10.1. The van der Waals surface area contributed by atoms with Crippen LogP contribution in [-0.2, 0) is 19.2 Å². The smallest absolute Gasteiger partial charge is 0.416 e. The Labute approximate surface area is 172 Å². The SMILES string of the molecule is CCCc1ccc(Oc2cc(OCc3ccccc3)cc(C(F)(F)F)c2)cc1Cl. The van der Waals surface area contributed by atoms with Crippen molar-refractivity contribution in [3.05, 3.63) is 88.4 Å². The van der Waals surface area contributed by atoms with Crippen LogP contribution in [0.3, 0.4) is 0 Å². The molecule has 0 aliphatic carbocycles. The van der Waals surface area contributed by atoms with E-state index < -0.39 is 11.7 Å². The van der Waals surface area contributed by atoms with Crippen molar-refractivity contribution in [2.75, 3.05) is 0 Å². The zero-order chi connectivity index (χ0) is 20.9. The Balaban J connectivity index is 1.84. The summed E-state index contributed by atoms with van der Waals surface area (Å²) in [4.78, 5) is 0. The van der Waals surface area contributed by atoms with Gasteiger partial charge in [0.2, 0.25) is 0 Å². The third-order valence-electron chi connectivity index (χ3n) is 4.24. The molecule has 6 heteroatoms. The fourth-order valence-electron chi connectivity index (χ4n) is 2.82. The van der Waals surface area contributed by atoms with Gasteiger partial charge >= 0.3 is 6.18 Å². The van der Waals surface area contributed by atoms with Crippen molar-refractivity contribution in [2.24, 2.45) is 0 Å². The van der Waals surface area contributed by atoms with E-state index in [0.717, 1.165) is 36.1 Å². The van der Waals surface area contributed by atoms with Crippen LogP contribution in [0.25, 0.3) is 0 Å². The van der Waals surface area contributed by atoms with Crippen molar-refractivity contribution in [3.63, 3.8) is 0 Å². The third kappa shape index (κ3) is 5.91. The van der Waals surface area contributed by atoms with Crippen LogP contribution >= 0.6 is 11.6 Å². The number of benzene rings is 3. The molecule has 0 atom stereocenters. The molecule has 0 amide bonds. The molecule has 3 aromatic carbocycles. The lowest BCUT2D eigenvalue weighted by molar-refractivity contribution is -0.137. The summed E-state index contributed by atoms with van der Waals surface area (Å²) in [5, 5.41) is 0.525. The van der Waals surface area contributed by atoms with E-state index in [9.17, 15) is 13.2 Å². The third-order valence-corrected chi connectivity index (χ3v) is 4.59. The number of hydrogen-bond donors (Lipinski definition) is 0. The summed E-state index contributed by atoms with van der Waals surface area (Å²) in [6.07, 6.45) is -2.76. The minimum absolute atomic E-state index is 0.0298. The van der Waals surface area contributed by atoms with Crippen LogP contribution in [0, 0.1) is 0 Å². The zero-order valence-corrected chi connectivity index (χ0v) is 16.6. The number of hydrogen-bond acceptors (Lipinski definition) is 2. The van der Waals surface area contributed by atoms with E-state index in [2.05, 4.69) is 0 Å². The van der Waals surface area contributed by atoms with Crippen LogP contribution in [0.2, 0.25) is 5.02 Å². The highest BCUT2D eigenvalue weighted by atomic mass is 35.5. The number of halogens is 4. The van der Waals surface area contributed by atoms with Crippen molar-refractivity contribution in [1.29, 1.82) is 0 Å². The second-order valence-electron chi connectivity index (χ2n) is 6.57. The normalized spacial score (nSPS) is 11.3. The quantitative estimate of drug-likeness (QED) is 0.390. The molecule has 0 N–H and O–H groups in total. The molecule has 2 nitrogen and oxygen atoms in total. The molecular weight excluding hydrogens is 401 g/mol. The predicted octanol–water partition coefficient (Wildman–Crippen LogP) is 7.68.